The number of rotatable bonds is 5. The third-order valence-electron chi connectivity index (χ3n) is 4.73. The van der Waals surface area contributed by atoms with Gasteiger partial charge in [-0.1, -0.05) is 13.8 Å². The summed E-state index contributed by atoms with van der Waals surface area (Å²) in [7, 11) is 2.15. The van der Waals surface area contributed by atoms with Crippen molar-refractivity contribution < 1.29 is 4.79 Å². The minimum absolute atomic E-state index is 0.297. The highest BCUT2D eigenvalue weighted by molar-refractivity contribution is 6.09. The second-order valence-electron chi connectivity index (χ2n) is 6.60. The van der Waals surface area contributed by atoms with Crippen molar-refractivity contribution in [1.29, 1.82) is 0 Å². The lowest BCUT2D eigenvalue weighted by molar-refractivity contribution is 0.0982. The van der Waals surface area contributed by atoms with Crippen LogP contribution in [0.4, 0.5) is 0 Å². The predicted molar refractivity (Wildman–Crippen MR) is 91.4 cm³/mol. The van der Waals surface area contributed by atoms with Gasteiger partial charge in [0.05, 0.1) is 0 Å². The summed E-state index contributed by atoms with van der Waals surface area (Å²) in [6.45, 7) is 9.36. The quantitative estimate of drug-likeness (QED) is 0.769. The molecule has 1 aliphatic heterocycles. The first kappa shape index (κ1) is 15.3. The van der Waals surface area contributed by atoms with Crippen molar-refractivity contribution >= 4 is 16.7 Å². The lowest BCUT2D eigenvalue weighted by Crippen LogP contribution is -2.07. The average molecular weight is 298 g/mol. The van der Waals surface area contributed by atoms with Gasteiger partial charge in [0.15, 0.2) is 5.78 Å². The number of ketones is 1. The summed E-state index contributed by atoms with van der Waals surface area (Å²) in [4.78, 5) is 15.0. The average Bonchev–Trinajstić information content (AvgIpc) is 2.94. The van der Waals surface area contributed by atoms with Gasteiger partial charge < -0.3 is 4.57 Å². The van der Waals surface area contributed by atoms with E-state index in [1.807, 2.05) is 0 Å². The first-order chi connectivity index (χ1) is 10.6. The summed E-state index contributed by atoms with van der Waals surface area (Å²) in [6.07, 6.45) is 2.64. The predicted octanol–water partition coefficient (Wildman–Crippen LogP) is 4.29. The van der Waals surface area contributed by atoms with Crippen LogP contribution in [0.25, 0.3) is 10.9 Å². The molecular formula is C19H26N2O. The summed E-state index contributed by atoms with van der Waals surface area (Å²) in [5.74, 6) is 0.297. The van der Waals surface area contributed by atoms with Gasteiger partial charge in [-0.05, 0) is 50.1 Å². The van der Waals surface area contributed by atoms with Crippen molar-refractivity contribution in [2.24, 2.45) is 0 Å². The summed E-state index contributed by atoms with van der Waals surface area (Å²) < 4.78 is 2.34. The standard InChI is InChI=1S/C19H26N2O/c1-5-7-18(22)19-13(3)21(8-6-2)17-10-15-12-20(4)11-14(15)9-16(17)19/h9-10H,5-8,11-12H2,1-4H3. The van der Waals surface area contributed by atoms with Crippen LogP contribution in [0.2, 0.25) is 0 Å². The molecule has 2 aromatic rings. The Balaban J connectivity index is 2.23. The monoisotopic (exact) mass is 298 g/mol. The van der Waals surface area contributed by atoms with Gasteiger partial charge in [0, 0.05) is 48.2 Å². The summed E-state index contributed by atoms with van der Waals surface area (Å²) in [5.41, 5.74) is 6.15. The highest BCUT2D eigenvalue weighted by Gasteiger charge is 2.23. The van der Waals surface area contributed by atoms with E-state index in [1.165, 1.54) is 22.0 Å². The maximum atomic E-state index is 12.6. The third kappa shape index (κ3) is 2.38. The largest absolute Gasteiger partial charge is 0.344 e. The van der Waals surface area contributed by atoms with Crippen LogP contribution < -0.4 is 0 Å². The van der Waals surface area contributed by atoms with Crippen LogP contribution in [0.1, 0.15) is 60.3 Å². The Bertz CT molecular complexity index is 727. The van der Waals surface area contributed by atoms with Crippen LogP contribution in [0.3, 0.4) is 0 Å². The van der Waals surface area contributed by atoms with Crippen molar-refractivity contribution in [3.63, 3.8) is 0 Å². The summed E-state index contributed by atoms with van der Waals surface area (Å²) in [6, 6.07) is 4.59. The van der Waals surface area contributed by atoms with Crippen molar-refractivity contribution in [3.05, 3.63) is 34.5 Å². The minimum atomic E-state index is 0.297. The number of nitrogens with zero attached hydrogens (tertiary/aromatic N) is 2. The molecule has 3 heteroatoms. The van der Waals surface area contributed by atoms with Gasteiger partial charge in [0.25, 0.3) is 0 Å². The molecule has 0 saturated carbocycles. The maximum Gasteiger partial charge on any atom is 0.165 e. The van der Waals surface area contributed by atoms with E-state index in [0.29, 0.717) is 12.2 Å². The molecule has 0 amide bonds. The Labute approximate surface area is 132 Å². The van der Waals surface area contributed by atoms with Crippen LogP contribution in [-0.4, -0.2) is 22.3 Å². The van der Waals surface area contributed by atoms with Gasteiger partial charge in [-0.2, -0.15) is 0 Å². The fraction of sp³-hybridized carbons (Fsp3) is 0.526. The number of carbonyl (C=O) groups is 1. The number of benzene rings is 1. The van der Waals surface area contributed by atoms with Gasteiger partial charge >= 0.3 is 0 Å². The van der Waals surface area contributed by atoms with E-state index in [-0.39, 0.29) is 0 Å². The third-order valence-corrected chi connectivity index (χ3v) is 4.73. The van der Waals surface area contributed by atoms with Crippen molar-refractivity contribution in [2.75, 3.05) is 7.05 Å². The van der Waals surface area contributed by atoms with E-state index >= 15 is 0 Å². The molecule has 0 bridgehead atoms. The molecule has 118 valence electrons. The number of hydrogen-bond acceptors (Lipinski definition) is 2. The zero-order chi connectivity index (χ0) is 15.9. The van der Waals surface area contributed by atoms with Crippen molar-refractivity contribution in [2.45, 2.75) is 59.7 Å². The summed E-state index contributed by atoms with van der Waals surface area (Å²) >= 11 is 0. The number of aromatic nitrogens is 1. The van der Waals surface area contributed by atoms with Crippen LogP contribution in [0.15, 0.2) is 12.1 Å². The number of carbonyl (C=O) groups excluding carboxylic acids is 1. The molecular weight excluding hydrogens is 272 g/mol. The Morgan fingerprint density at radius 2 is 1.82 bits per heavy atom. The van der Waals surface area contributed by atoms with Crippen molar-refractivity contribution in [3.8, 4) is 0 Å². The molecule has 1 aliphatic rings. The Kier molecular flexibility index (Phi) is 4.09. The van der Waals surface area contributed by atoms with Gasteiger partial charge in [-0.15, -0.1) is 0 Å². The fourth-order valence-electron chi connectivity index (χ4n) is 3.76. The maximum absolute atomic E-state index is 12.6. The summed E-state index contributed by atoms with van der Waals surface area (Å²) in [5, 5.41) is 1.17. The lowest BCUT2D eigenvalue weighted by Gasteiger charge is -2.07. The molecule has 3 rings (SSSR count). The fourth-order valence-corrected chi connectivity index (χ4v) is 3.76. The first-order valence-electron chi connectivity index (χ1n) is 8.43. The molecule has 0 unspecified atom stereocenters. The van der Waals surface area contributed by atoms with Gasteiger partial charge in [0.2, 0.25) is 0 Å². The zero-order valence-corrected chi connectivity index (χ0v) is 14.2. The molecule has 1 aromatic heterocycles. The lowest BCUT2D eigenvalue weighted by atomic mass is 10.0. The van der Waals surface area contributed by atoms with E-state index in [2.05, 4.69) is 49.4 Å². The molecule has 0 atom stereocenters. The molecule has 0 N–H and O–H groups in total. The molecule has 0 fully saturated rings. The number of hydrogen-bond donors (Lipinski definition) is 0. The van der Waals surface area contributed by atoms with E-state index in [9.17, 15) is 4.79 Å². The molecule has 3 nitrogen and oxygen atoms in total. The smallest absolute Gasteiger partial charge is 0.165 e. The van der Waals surface area contributed by atoms with Gasteiger partial charge in [-0.3, -0.25) is 9.69 Å². The number of aryl methyl sites for hydroxylation is 1. The van der Waals surface area contributed by atoms with E-state index < -0.39 is 0 Å². The highest BCUT2D eigenvalue weighted by atomic mass is 16.1. The second-order valence-corrected chi connectivity index (χ2v) is 6.60. The first-order valence-corrected chi connectivity index (χ1v) is 8.43. The number of Topliss-reactive ketones (excluding diaryl/α,β-unsaturated/α-hetero) is 1. The SMILES string of the molecule is CCCC(=O)c1c(C)n(CCC)c2cc3c(cc12)CN(C)C3. The number of fused-ring (bicyclic) bond motifs is 2. The molecule has 0 saturated heterocycles. The molecule has 0 spiro atoms. The van der Waals surface area contributed by atoms with E-state index in [0.717, 1.165) is 43.7 Å². The van der Waals surface area contributed by atoms with Crippen LogP contribution in [-0.2, 0) is 19.6 Å². The zero-order valence-electron chi connectivity index (χ0n) is 14.2. The normalized spacial score (nSPS) is 14.7. The molecule has 2 heterocycles. The van der Waals surface area contributed by atoms with Crippen LogP contribution in [0, 0.1) is 6.92 Å². The van der Waals surface area contributed by atoms with E-state index in [4.69, 9.17) is 0 Å². The van der Waals surface area contributed by atoms with Gasteiger partial charge in [-0.25, -0.2) is 0 Å². The van der Waals surface area contributed by atoms with E-state index in [1.54, 1.807) is 0 Å². The van der Waals surface area contributed by atoms with Crippen molar-refractivity contribution in [1.82, 2.24) is 9.47 Å². The second kappa shape index (κ2) is 5.88. The minimum Gasteiger partial charge on any atom is -0.344 e. The topological polar surface area (TPSA) is 25.2 Å². The van der Waals surface area contributed by atoms with Crippen LogP contribution in [0.5, 0.6) is 0 Å². The van der Waals surface area contributed by atoms with Crippen LogP contribution >= 0.6 is 0 Å². The Morgan fingerprint density at radius 3 is 2.45 bits per heavy atom. The molecule has 0 aliphatic carbocycles. The Morgan fingerprint density at radius 1 is 1.14 bits per heavy atom. The van der Waals surface area contributed by atoms with Gasteiger partial charge in [0.1, 0.15) is 0 Å². The highest BCUT2D eigenvalue weighted by Crippen LogP contribution is 2.33. The molecule has 1 aromatic carbocycles. The Hall–Kier alpha value is -1.61. The molecule has 0 radical (unpaired) electrons. The molecule has 22 heavy (non-hydrogen) atoms.